The monoisotopic (exact) mass is 289 g/mol. The number of fused-ring (bicyclic) bond motifs is 3. The van der Waals surface area contributed by atoms with E-state index in [0.29, 0.717) is 16.9 Å². The highest BCUT2D eigenvalue weighted by Crippen LogP contribution is 2.39. The van der Waals surface area contributed by atoms with E-state index in [9.17, 15) is 14.9 Å². The lowest BCUT2D eigenvalue weighted by atomic mass is 9.95. The van der Waals surface area contributed by atoms with E-state index in [1.165, 1.54) is 6.07 Å². The molecule has 2 saturated heterocycles. The molecule has 4 rings (SSSR count). The van der Waals surface area contributed by atoms with E-state index in [-0.39, 0.29) is 36.3 Å². The van der Waals surface area contributed by atoms with Gasteiger partial charge in [-0.15, -0.1) is 0 Å². The van der Waals surface area contributed by atoms with Crippen LogP contribution in [0.2, 0.25) is 0 Å². The Morgan fingerprint density at radius 3 is 2.90 bits per heavy atom. The Kier molecular flexibility index (Phi) is 2.65. The van der Waals surface area contributed by atoms with Crippen LogP contribution in [-0.4, -0.2) is 29.1 Å². The molecule has 1 aromatic carbocycles. The topological polar surface area (TPSA) is 93.5 Å². The lowest BCUT2D eigenvalue weighted by Crippen LogP contribution is -2.30. The highest BCUT2D eigenvalue weighted by molar-refractivity contribution is 6.00. The van der Waals surface area contributed by atoms with Crippen LogP contribution in [0.1, 0.15) is 24.8 Å². The molecular formula is C14H15N3O4. The fraction of sp³-hybridized carbons (Fsp3) is 0.500. The molecule has 7 heteroatoms. The highest BCUT2D eigenvalue weighted by Gasteiger charge is 2.41. The lowest BCUT2D eigenvalue weighted by Gasteiger charge is -2.21. The van der Waals surface area contributed by atoms with Gasteiger partial charge in [0.2, 0.25) is 5.91 Å². The number of nitro benzene ring substituents is 1. The van der Waals surface area contributed by atoms with Gasteiger partial charge >= 0.3 is 0 Å². The smallest absolute Gasteiger partial charge is 0.292 e. The third-order valence-electron chi connectivity index (χ3n) is 4.49. The maximum atomic E-state index is 11.4. The molecule has 1 aromatic rings. The van der Waals surface area contributed by atoms with E-state index in [4.69, 9.17) is 4.74 Å². The average molecular weight is 289 g/mol. The van der Waals surface area contributed by atoms with Gasteiger partial charge in [-0.2, -0.15) is 0 Å². The van der Waals surface area contributed by atoms with Crippen LogP contribution in [0.4, 0.5) is 17.1 Å². The standard InChI is InChI=1S/C14H15N3O4/c18-14-4-7-3-12(17(19)20)10(6-9(7)16-14)15-11-5-8-1-2-13(11)21-8/h3,6,8,11,13,15H,1-2,4-5H2,(H,16,18). The number of benzene rings is 1. The SMILES string of the molecule is O=C1Cc2cc([N+](=O)[O-])c(NC3CC4CCC3O4)cc2N1. The van der Waals surface area contributed by atoms with Crippen LogP contribution in [-0.2, 0) is 16.0 Å². The molecule has 2 N–H and O–H groups in total. The van der Waals surface area contributed by atoms with E-state index >= 15 is 0 Å². The summed E-state index contributed by atoms with van der Waals surface area (Å²) in [5.74, 6) is -0.125. The Balaban J connectivity index is 1.66. The summed E-state index contributed by atoms with van der Waals surface area (Å²) in [7, 11) is 0. The van der Waals surface area contributed by atoms with E-state index in [2.05, 4.69) is 10.6 Å². The molecule has 1 amide bonds. The molecule has 2 bridgehead atoms. The minimum absolute atomic E-state index is 0.0213. The summed E-state index contributed by atoms with van der Waals surface area (Å²) < 4.78 is 5.77. The van der Waals surface area contributed by atoms with Crippen molar-refractivity contribution in [3.8, 4) is 0 Å². The molecule has 0 saturated carbocycles. The van der Waals surface area contributed by atoms with Gasteiger partial charge in [-0.1, -0.05) is 0 Å². The Morgan fingerprint density at radius 1 is 1.38 bits per heavy atom. The predicted molar refractivity (Wildman–Crippen MR) is 75.4 cm³/mol. The first-order chi connectivity index (χ1) is 10.1. The van der Waals surface area contributed by atoms with Crippen molar-refractivity contribution in [2.75, 3.05) is 10.6 Å². The normalized spacial score (nSPS) is 29.3. The van der Waals surface area contributed by atoms with Crippen LogP contribution in [0, 0.1) is 10.1 Å². The predicted octanol–water partition coefficient (Wildman–Crippen LogP) is 1.82. The molecule has 110 valence electrons. The van der Waals surface area contributed by atoms with E-state index in [1.54, 1.807) is 6.07 Å². The first kappa shape index (κ1) is 12.6. The van der Waals surface area contributed by atoms with Gasteiger partial charge in [0.05, 0.1) is 29.6 Å². The van der Waals surface area contributed by atoms with Gasteiger partial charge in [0.15, 0.2) is 0 Å². The number of rotatable bonds is 3. The second-order valence-corrected chi connectivity index (χ2v) is 5.87. The van der Waals surface area contributed by atoms with Gasteiger partial charge < -0.3 is 15.4 Å². The van der Waals surface area contributed by atoms with Gasteiger partial charge in [0.1, 0.15) is 5.69 Å². The second-order valence-electron chi connectivity index (χ2n) is 5.87. The molecule has 3 aliphatic rings. The van der Waals surface area contributed by atoms with Crippen LogP contribution in [0.25, 0.3) is 0 Å². The largest absolute Gasteiger partial charge is 0.374 e. The number of carbonyl (C=O) groups is 1. The first-order valence-corrected chi connectivity index (χ1v) is 7.13. The number of ether oxygens (including phenoxy) is 1. The number of hydrogen-bond donors (Lipinski definition) is 2. The minimum Gasteiger partial charge on any atom is -0.374 e. The average Bonchev–Trinajstić information content (AvgIpc) is 3.11. The Hall–Kier alpha value is -2.15. The summed E-state index contributed by atoms with van der Waals surface area (Å²) in [6.07, 6.45) is 3.57. The van der Waals surface area contributed by atoms with Crippen molar-refractivity contribution in [3.05, 3.63) is 27.8 Å². The van der Waals surface area contributed by atoms with Crippen molar-refractivity contribution < 1.29 is 14.5 Å². The summed E-state index contributed by atoms with van der Waals surface area (Å²) in [5, 5.41) is 17.2. The molecule has 3 aliphatic heterocycles. The molecule has 3 atom stereocenters. The molecule has 0 aliphatic carbocycles. The van der Waals surface area contributed by atoms with Gasteiger partial charge in [-0.25, -0.2) is 0 Å². The van der Waals surface area contributed by atoms with Crippen molar-refractivity contribution in [2.24, 2.45) is 0 Å². The van der Waals surface area contributed by atoms with Gasteiger partial charge in [-0.05, 0) is 30.9 Å². The molecule has 21 heavy (non-hydrogen) atoms. The Labute approximate surface area is 120 Å². The fourth-order valence-electron chi connectivity index (χ4n) is 3.52. The zero-order valence-electron chi connectivity index (χ0n) is 11.3. The maximum Gasteiger partial charge on any atom is 0.292 e. The molecule has 3 unspecified atom stereocenters. The number of anilines is 2. The van der Waals surface area contributed by atoms with Gasteiger partial charge in [-0.3, -0.25) is 14.9 Å². The van der Waals surface area contributed by atoms with Crippen molar-refractivity contribution >= 4 is 23.0 Å². The summed E-state index contributed by atoms with van der Waals surface area (Å²) in [4.78, 5) is 22.3. The number of amides is 1. The molecule has 0 radical (unpaired) electrons. The van der Waals surface area contributed by atoms with Gasteiger partial charge in [0.25, 0.3) is 5.69 Å². The Bertz CT molecular complexity index is 645. The summed E-state index contributed by atoms with van der Waals surface area (Å²) in [5.41, 5.74) is 1.83. The molecule has 3 heterocycles. The van der Waals surface area contributed by atoms with Crippen molar-refractivity contribution in [2.45, 2.75) is 43.9 Å². The van der Waals surface area contributed by atoms with Crippen LogP contribution in [0.15, 0.2) is 12.1 Å². The van der Waals surface area contributed by atoms with E-state index < -0.39 is 4.92 Å². The third-order valence-corrected chi connectivity index (χ3v) is 4.49. The van der Waals surface area contributed by atoms with Gasteiger partial charge in [0, 0.05) is 11.8 Å². The number of nitrogens with zero attached hydrogens (tertiary/aromatic N) is 1. The first-order valence-electron chi connectivity index (χ1n) is 7.13. The summed E-state index contributed by atoms with van der Waals surface area (Å²) in [6, 6.07) is 3.27. The zero-order valence-corrected chi connectivity index (χ0v) is 11.3. The van der Waals surface area contributed by atoms with E-state index in [1.807, 2.05) is 0 Å². The molecule has 0 spiro atoms. The second kappa shape index (κ2) is 4.42. The van der Waals surface area contributed by atoms with Crippen molar-refractivity contribution in [1.29, 1.82) is 0 Å². The van der Waals surface area contributed by atoms with E-state index in [0.717, 1.165) is 19.3 Å². The number of carbonyl (C=O) groups excluding carboxylic acids is 1. The number of hydrogen-bond acceptors (Lipinski definition) is 5. The summed E-state index contributed by atoms with van der Waals surface area (Å²) >= 11 is 0. The quantitative estimate of drug-likeness (QED) is 0.654. The third kappa shape index (κ3) is 2.04. The van der Waals surface area contributed by atoms with Crippen molar-refractivity contribution in [3.63, 3.8) is 0 Å². The molecular weight excluding hydrogens is 274 g/mol. The number of nitrogens with one attached hydrogen (secondary N) is 2. The molecule has 7 nitrogen and oxygen atoms in total. The van der Waals surface area contributed by atoms with Crippen LogP contribution in [0.5, 0.6) is 0 Å². The number of nitro groups is 1. The Morgan fingerprint density at radius 2 is 2.24 bits per heavy atom. The highest BCUT2D eigenvalue weighted by atomic mass is 16.6. The lowest BCUT2D eigenvalue weighted by molar-refractivity contribution is -0.384. The maximum absolute atomic E-state index is 11.4. The van der Waals surface area contributed by atoms with Crippen LogP contribution >= 0.6 is 0 Å². The zero-order chi connectivity index (χ0) is 14.6. The fourth-order valence-corrected chi connectivity index (χ4v) is 3.52. The van der Waals surface area contributed by atoms with Crippen LogP contribution < -0.4 is 10.6 Å². The molecule has 0 aromatic heterocycles. The minimum atomic E-state index is -0.403. The summed E-state index contributed by atoms with van der Waals surface area (Å²) in [6.45, 7) is 0. The van der Waals surface area contributed by atoms with Crippen LogP contribution in [0.3, 0.4) is 0 Å². The molecule has 2 fully saturated rings. The van der Waals surface area contributed by atoms with Crippen molar-refractivity contribution in [1.82, 2.24) is 0 Å².